The summed E-state index contributed by atoms with van der Waals surface area (Å²) in [4.78, 5) is 1.18. The van der Waals surface area contributed by atoms with Crippen LogP contribution in [0.5, 0.6) is 0 Å². The van der Waals surface area contributed by atoms with E-state index in [1.54, 1.807) is 23.1 Å². The van der Waals surface area contributed by atoms with E-state index in [-0.39, 0.29) is 0 Å². The third-order valence-electron chi connectivity index (χ3n) is 2.14. The molecule has 2 N–H and O–H groups in total. The minimum absolute atomic E-state index is 0.934. The molecular formula is C10H11NS2. The number of anilines is 1. The molecule has 0 saturated carbocycles. The Bertz CT molecular complexity index is 445. The van der Waals surface area contributed by atoms with Crippen molar-refractivity contribution in [2.45, 2.75) is 11.8 Å². The van der Waals surface area contributed by atoms with Crippen molar-refractivity contribution < 1.29 is 0 Å². The molecule has 0 atom stereocenters. The summed E-state index contributed by atoms with van der Waals surface area (Å²) in [6.45, 7) is 2.11. The van der Waals surface area contributed by atoms with Gasteiger partial charge in [0.05, 0.1) is 5.69 Å². The summed E-state index contributed by atoms with van der Waals surface area (Å²) in [6, 6.07) is 4.24. The van der Waals surface area contributed by atoms with Crippen LogP contribution in [0.2, 0.25) is 0 Å². The molecule has 0 radical (unpaired) electrons. The highest BCUT2D eigenvalue weighted by Crippen LogP contribution is 2.35. The van der Waals surface area contributed by atoms with Gasteiger partial charge in [-0.3, -0.25) is 0 Å². The monoisotopic (exact) mass is 209 g/mol. The lowest BCUT2D eigenvalue weighted by Crippen LogP contribution is -1.89. The third-order valence-corrected chi connectivity index (χ3v) is 4.01. The van der Waals surface area contributed by atoms with Crippen molar-refractivity contribution in [2.75, 3.05) is 12.0 Å². The SMILES string of the molecule is CSc1ccc2scc(C)c2c1N. The van der Waals surface area contributed by atoms with Crippen LogP contribution in [0.15, 0.2) is 22.4 Å². The van der Waals surface area contributed by atoms with Crippen LogP contribution < -0.4 is 5.73 Å². The Morgan fingerprint density at radius 1 is 1.38 bits per heavy atom. The zero-order valence-electron chi connectivity index (χ0n) is 7.63. The van der Waals surface area contributed by atoms with Crippen LogP contribution in [0.1, 0.15) is 5.56 Å². The molecule has 0 unspecified atom stereocenters. The van der Waals surface area contributed by atoms with Crippen molar-refractivity contribution in [3.05, 3.63) is 23.1 Å². The van der Waals surface area contributed by atoms with Gasteiger partial charge in [-0.1, -0.05) is 0 Å². The van der Waals surface area contributed by atoms with E-state index in [4.69, 9.17) is 5.73 Å². The van der Waals surface area contributed by atoms with Crippen molar-refractivity contribution in [2.24, 2.45) is 0 Å². The summed E-state index contributed by atoms with van der Waals surface area (Å²) in [7, 11) is 0. The average Bonchev–Trinajstić information content (AvgIpc) is 2.49. The lowest BCUT2D eigenvalue weighted by Gasteiger charge is -2.03. The second kappa shape index (κ2) is 3.24. The number of fused-ring (bicyclic) bond motifs is 1. The Kier molecular flexibility index (Phi) is 2.22. The predicted octanol–water partition coefficient (Wildman–Crippen LogP) is 3.51. The summed E-state index contributed by atoms with van der Waals surface area (Å²) in [5.41, 5.74) is 8.28. The van der Waals surface area contributed by atoms with Gasteiger partial charge in [-0.05, 0) is 36.3 Å². The van der Waals surface area contributed by atoms with Gasteiger partial charge >= 0.3 is 0 Å². The van der Waals surface area contributed by atoms with Crippen LogP contribution in [0, 0.1) is 6.92 Å². The minimum Gasteiger partial charge on any atom is -0.397 e. The highest BCUT2D eigenvalue weighted by molar-refractivity contribution is 7.98. The minimum atomic E-state index is 0.934. The van der Waals surface area contributed by atoms with Crippen molar-refractivity contribution in [3.8, 4) is 0 Å². The second-order valence-corrected chi connectivity index (χ2v) is 4.73. The summed E-state index contributed by atoms with van der Waals surface area (Å²) < 4.78 is 1.28. The number of hydrogen-bond acceptors (Lipinski definition) is 3. The summed E-state index contributed by atoms with van der Waals surface area (Å²) in [6.07, 6.45) is 2.05. The molecule has 0 aliphatic rings. The molecule has 0 saturated heterocycles. The molecule has 0 spiro atoms. The highest BCUT2D eigenvalue weighted by atomic mass is 32.2. The number of thiophene rings is 1. The molecule has 0 fully saturated rings. The van der Waals surface area contributed by atoms with E-state index in [9.17, 15) is 0 Å². The van der Waals surface area contributed by atoms with E-state index < -0.39 is 0 Å². The number of benzene rings is 1. The first-order chi connectivity index (χ1) is 6.24. The lowest BCUT2D eigenvalue weighted by molar-refractivity contribution is 1.50. The molecule has 1 heterocycles. The van der Waals surface area contributed by atoms with Gasteiger partial charge in [0.15, 0.2) is 0 Å². The third kappa shape index (κ3) is 1.32. The first-order valence-electron chi connectivity index (χ1n) is 4.04. The summed E-state index contributed by atoms with van der Waals surface area (Å²) in [5, 5.41) is 3.39. The van der Waals surface area contributed by atoms with Gasteiger partial charge in [0, 0.05) is 15.0 Å². The van der Waals surface area contributed by atoms with Crippen LogP contribution in [0.3, 0.4) is 0 Å². The normalized spacial score (nSPS) is 10.9. The van der Waals surface area contributed by atoms with E-state index in [0.717, 1.165) is 5.69 Å². The fourth-order valence-electron chi connectivity index (χ4n) is 1.47. The fraction of sp³-hybridized carbons (Fsp3) is 0.200. The molecule has 1 nitrogen and oxygen atoms in total. The molecular weight excluding hydrogens is 198 g/mol. The first-order valence-corrected chi connectivity index (χ1v) is 6.14. The van der Waals surface area contributed by atoms with Gasteiger partial charge < -0.3 is 5.73 Å². The maximum Gasteiger partial charge on any atom is 0.0543 e. The van der Waals surface area contributed by atoms with Crippen molar-refractivity contribution >= 4 is 38.9 Å². The molecule has 0 amide bonds. The largest absolute Gasteiger partial charge is 0.397 e. The van der Waals surface area contributed by atoms with E-state index in [2.05, 4.69) is 30.7 Å². The Morgan fingerprint density at radius 2 is 2.15 bits per heavy atom. The lowest BCUT2D eigenvalue weighted by atomic mass is 10.1. The Morgan fingerprint density at radius 3 is 2.85 bits per heavy atom. The maximum atomic E-state index is 6.06. The molecule has 13 heavy (non-hydrogen) atoms. The molecule has 68 valence electrons. The second-order valence-electron chi connectivity index (χ2n) is 2.97. The van der Waals surface area contributed by atoms with Crippen LogP contribution in [-0.4, -0.2) is 6.26 Å². The maximum absolute atomic E-state index is 6.06. The first kappa shape index (κ1) is 8.91. The molecule has 1 aromatic heterocycles. The van der Waals surface area contributed by atoms with Gasteiger partial charge in [-0.15, -0.1) is 23.1 Å². The molecule has 0 aliphatic carbocycles. The van der Waals surface area contributed by atoms with Crippen LogP contribution in [-0.2, 0) is 0 Å². The van der Waals surface area contributed by atoms with Crippen molar-refractivity contribution in [1.82, 2.24) is 0 Å². The molecule has 2 rings (SSSR count). The van der Waals surface area contributed by atoms with E-state index in [1.807, 2.05) is 0 Å². The molecule has 3 heteroatoms. The number of aryl methyl sites for hydroxylation is 1. The Hall–Kier alpha value is -0.670. The number of rotatable bonds is 1. The van der Waals surface area contributed by atoms with E-state index >= 15 is 0 Å². The molecule has 1 aromatic carbocycles. The Balaban J connectivity index is 2.83. The molecule has 2 aromatic rings. The number of nitrogens with two attached hydrogens (primary N) is 1. The van der Waals surface area contributed by atoms with Gasteiger partial charge in [0.25, 0.3) is 0 Å². The average molecular weight is 209 g/mol. The van der Waals surface area contributed by atoms with Gasteiger partial charge in [0.1, 0.15) is 0 Å². The van der Waals surface area contributed by atoms with E-state index in [1.165, 1.54) is 20.5 Å². The predicted molar refractivity (Wildman–Crippen MR) is 62.8 cm³/mol. The molecule has 0 aliphatic heterocycles. The number of hydrogen-bond donors (Lipinski definition) is 1. The quantitative estimate of drug-likeness (QED) is 0.574. The van der Waals surface area contributed by atoms with E-state index in [0.29, 0.717) is 0 Å². The van der Waals surface area contributed by atoms with Gasteiger partial charge in [-0.25, -0.2) is 0 Å². The topological polar surface area (TPSA) is 26.0 Å². The summed E-state index contributed by atoms with van der Waals surface area (Å²) in [5.74, 6) is 0. The van der Waals surface area contributed by atoms with Crippen LogP contribution >= 0.6 is 23.1 Å². The van der Waals surface area contributed by atoms with Crippen LogP contribution in [0.25, 0.3) is 10.1 Å². The highest BCUT2D eigenvalue weighted by Gasteiger charge is 2.07. The van der Waals surface area contributed by atoms with Gasteiger partial charge in [0.2, 0.25) is 0 Å². The standard InChI is InChI=1S/C10H11NS2/c1-6-5-13-7-3-4-8(12-2)10(11)9(6)7/h3-5H,11H2,1-2H3. The zero-order chi connectivity index (χ0) is 9.42. The van der Waals surface area contributed by atoms with Crippen molar-refractivity contribution in [3.63, 3.8) is 0 Å². The number of thioether (sulfide) groups is 1. The van der Waals surface area contributed by atoms with Crippen LogP contribution in [0.4, 0.5) is 5.69 Å². The Labute approximate surface area is 85.9 Å². The van der Waals surface area contributed by atoms with Gasteiger partial charge in [-0.2, -0.15) is 0 Å². The zero-order valence-corrected chi connectivity index (χ0v) is 9.26. The smallest absolute Gasteiger partial charge is 0.0543 e. The summed E-state index contributed by atoms with van der Waals surface area (Å²) >= 11 is 3.46. The fourth-order valence-corrected chi connectivity index (χ4v) is 2.96. The van der Waals surface area contributed by atoms with Crippen molar-refractivity contribution in [1.29, 1.82) is 0 Å². The molecule has 0 bridgehead atoms. The number of nitrogen functional groups attached to an aromatic ring is 1.